The predicted molar refractivity (Wildman–Crippen MR) is 109 cm³/mol. The number of benzene rings is 1. The summed E-state index contributed by atoms with van der Waals surface area (Å²) < 4.78 is 31.3. The van der Waals surface area contributed by atoms with Gasteiger partial charge in [0, 0.05) is 5.70 Å². The molecule has 1 aliphatic heterocycles. The molecule has 7 nitrogen and oxygen atoms in total. The zero-order chi connectivity index (χ0) is 20.5. The maximum absolute atomic E-state index is 12.8. The van der Waals surface area contributed by atoms with Crippen molar-refractivity contribution in [3.05, 3.63) is 62.6 Å². The van der Waals surface area contributed by atoms with E-state index in [-0.39, 0.29) is 15.5 Å². The first kappa shape index (κ1) is 20.6. The molecule has 2 heterocycles. The van der Waals surface area contributed by atoms with Gasteiger partial charge in [0.15, 0.2) is 9.84 Å². The van der Waals surface area contributed by atoms with E-state index in [4.69, 9.17) is 4.74 Å². The van der Waals surface area contributed by atoms with Gasteiger partial charge >= 0.3 is 12.0 Å². The van der Waals surface area contributed by atoms with E-state index in [9.17, 15) is 18.0 Å². The smallest absolute Gasteiger partial charge is 0.338 e. The van der Waals surface area contributed by atoms with Gasteiger partial charge in [-0.2, -0.15) is 0 Å². The number of aryl methyl sites for hydroxylation is 1. The van der Waals surface area contributed by atoms with Crippen LogP contribution in [0.3, 0.4) is 0 Å². The summed E-state index contributed by atoms with van der Waals surface area (Å²) in [5.74, 6) is -1.24. The van der Waals surface area contributed by atoms with Crippen LogP contribution in [-0.2, 0) is 19.4 Å². The maximum Gasteiger partial charge on any atom is 0.338 e. The van der Waals surface area contributed by atoms with E-state index in [1.165, 1.54) is 13.2 Å². The van der Waals surface area contributed by atoms with Gasteiger partial charge < -0.3 is 15.4 Å². The molecule has 2 aromatic rings. The van der Waals surface area contributed by atoms with Gasteiger partial charge in [0.25, 0.3) is 0 Å². The predicted octanol–water partition coefficient (Wildman–Crippen LogP) is 3.07. The highest BCUT2D eigenvalue weighted by molar-refractivity contribution is 9.11. The number of carbonyl (C=O) groups is 2. The van der Waals surface area contributed by atoms with Crippen LogP contribution in [0.25, 0.3) is 0 Å². The van der Waals surface area contributed by atoms with Crippen LogP contribution < -0.4 is 10.6 Å². The zero-order valence-electron chi connectivity index (χ0n) is 15.0. The molecule has 2 amide bonds. The van der Waals surface area contributed by atoms with Crippen molar-refractivity contribution in [2.45, 2.75) is 17.2 Å². The van der Waals surface area contributed by atoms with Gasteiger partial charge in [-0.15, -0.1) is 11.3 Å². The first-order valence-electron chi connectivity index (χ1n) is 8.15. The number of thiophene rings is 1. The third-order valence-corrected chi connectivity index (χ3v) is 8.01. The highest BCUT2D eigenvalue weighted by Gasteiger charge is 2.35. The fourth-order valence-electron chi connectivity index (χ4n) is 2.82. The molecule has 1 aromatic carbocycles. The minimum absolute atomic E-state index is 0.00528. The van der Waals surface area contributed by atoms with Crippen LogP contribution >= 0.6 is 27.3 Å². The van der Waals surface area contributed by atoms with Crippen molar-refractivity contribution in [2.75, 3.05) is 12.9 Å². The van der Waals surface area contributed by atoms with Crippen LogP contribution in [0, 0.1) is 6.92 Å². The lowest BCUT2D eigenvalue weighted by atomic mass is 9.95. The Morgan fingerprint density at radius 1 is 1.21 bits per heavy atom. The Labute approximate surface area is 174 Å². The number of halogens is 1. The molecule has 0 fully saturated rings. The molecule has 0 unspecified atom stereocenters. The summed E-state index contributed by atoms with van der Waals surface area (Å²) in [4.78, 5) is 24.7. The number of hydrogen-bond donors (Lipinski definition) is 2. The Balaban J connectivity index is 2.08. The number of amides is 2. The number of carbonyl (C=O) groups excluding carboxylic acids is 2. The summed E-state index contributed by atoms with van der Waals surface area (Å²) in [5.41, 5.74) is 1.73. The molecule has 0 radical (unpaired) electrons. The monoisotopic (exact) mass is 484 g/mol. The lowest BCUT2D eigenvalue weighted by molar-refractivity contribution is -0.136. The fraction of sp³-hybridized carbons (Fsp3) is 0.222. The second kappa shape index (κ2) is 8.06. The lowest BCUT2D eigenvalue weighted by Crippen LogP contribution is -2.47. The Hall–Kier alpha value is -2.17. The topological polar surface area (TPSA) is 102 Å². The van der Waals surface area contributed by atoms with E-state index in [2.05, 4.69) is 26.6 Å². The molecule has 0 aliphatic carbocycles. The molecule has 0 spiro atoms. The highest BCUT2D eigenvalue weighted by atomic mass is 79.9. The van der Waals surface area contributed by atoms with Gasteiger partial charge in [-0.05, 0) is 40.5 Å². The zero-order valence-corrected chi connectivity index (χ0v) is 18.2. The summed E-state index contributed by atoms with van der Waals surface area (Å²) in [6, 6.07) is 8.94. The summed E-state index contributed by atoms with van der Waals surface area (Å²) in [5, 5.41) is 5.14. The summed E-state index contributed by atoms with van der Waals surface area (Å²) >= 11 is 4.30. The second-order valence-corrected chi connectivity index (χ2v) is 10.8. The SMILES string of the molecule is COC(=O)C1=C(CS(=O)(=O)c2ccc(Br)s2)NC(=O)N[C@@H]1c1ccc(C)cc1. The van der Waals surface area contributed by atoms with Crippen LogP contribution in [0.5, 0.6) is 0 Å². The molecule has 1 aromatic heterocycles. The van der Waals surface area contributed by atoms with Crippen molar-refractivity contribution in [1.82, 2.24) is 10.6 Å². The van der Waals surface area contributed by atoms with Gasteiger partial charge in [0.2, 0.25) is 0 Å². The van der Waals surface area contributed by atoms with Crippen LogP contribution in [0.4, 0.5) is 4.79 Å². The Kier molecular flexibility index (Phi) is 5.92. The molecular formula is C18H17BrN2O5S2. The Bertz CT molecular complexity index is 1060. The number of urea groups is 1. The van der Waals surface area contributed by atoms with Crippen molar-refractivity contribution in [1.29, 1.82) is 0 Å². The molecule has 10 heteroatoms. The van der Waals surface area contributed by atoms with E-state index >= 15 is 0 Å². The largest absolute Gasteiger partial charge is 0.466 e. The number of esters is 1. The van der Waals surface area contributed by atoms with Crippen molar-refractivity contribution in [3.63, 3.8) is 0 Å². The van der Waals surface area contributed by atoms with E-state index < -0.39 is 33.6 Å². The summed E-state index contributed by atoms with van der Waals surface area (Å²) in [6.45, 7) is 1.92. The molecule has 2 N–H and O–H groups in total. The molecule has 0 saturated carbocycles. The van der Waals surface area contributed by atoms with Gasteiger partial charge in [-0.1, -0.05) is 29.8 Å². The third kappa shape index (κ3) is 4.29. The van der Waals surface area contributed by atoms with Crippen LogP contribution in [0.15, 0.2) is 55.7 Å². The molecule has 3 rings (SSSR count). The molecule has 148 valence electrons. The number of sulfone groups is 1. The minimum Gasteiger partial charge on any atom is -0.466 e. The number of hydrogen-bond acceptors (Lipinski definition) is 6. The first-order chi connectivity index (χ1) is 13.2. The second-order valence-electron chi connectivity index (χ2n) is 6.14. The number of rotatable bonds is 5. The van der Waals surface area contributed by atoms with Crippen molar-refractivity contribution >= 4 is 49.1 Å². The molecule has 1 aliphatic rings. The Morgan fingerprint density at radius 2 is 1.89 bits per heavy atom. The first-order valence-corrected chi connectivity index (χ1v) is 11.4. The lowest BCUT2D eigenvalue weighted by Gasteiger charge is -2.29. The number of ether oxygens (including phenoxy) is 1. The highest BCUT2D eigenvalue weighted by Crippen LogP contribution is 2.31. The van der Waals surface area contributed by atoms with E-state index in [0.29, 0.717) is 9.35 Å². The van der Waals surface area contributed by atoms with Gasteiger partial charge in [-0.25, -0.2) is 18.0 Å². The average Bonchev–Trinajstić information content (AvgIpc) is 3.08. The van der Waals surface area contributed by atoms with Crippen molar-refractivity contribution < 1.29 is 22.7 Å². The molecule has 0 bridgehead atoms. The van der Waals surface area contributed by atoms with Gasteiger partial charge in [0.05, 0.1) is 28.3 Å². The molecular weight excluding hydrogens is 468 g/mol. The van der Waals surface area contributed by atoms with E-state index in [0.717, 1.165) is 16.9 Å². The molecule has 1 atom stereocenters. The van der Waals surface area contributed by atoms with Gasteiger partial charge in [0.1, 0.15) is 4.21 Å². The molecule has 0 saturated heterocycles. The summed E-state index contributed by atoms with van der Waals surface area (Å²) in [7, 11) is -2.56. The van der Waals surface area contributed by atoms with Crippen LogP contribution in [-0.4, -0.2) is 33.3 Å². The number of nitrogens with one attached hydrogen (secondary N) is 2. The molecule has 28 heavy (non-hydrogen) atoms. The van der Waals surface area contributed by atoms with Crippen molar-refractivity contribution in [2.24, 2.45) is 0 Å². The van der Waals surface area contributed by atoms with Gasteiger partial charge in [-0.3, -0.25) is 0 Å². The van der Waals surface area contributed by atoms with E-state index in [1.807, 2.05) is 19.1 Å². The van der Waals surface area contributed by atoms with Crippen molar-refractivity contribution in [3.8, 4) is 0 Å². The maximum atomic E-state index is 12.8. The number of methoxy groups -OCH3 is 1. The standard InChI is InChI=1S/C18H17BrN2O5S2/c1-10-3-5-11(6-4-10)16-15(17(22)26-2)12(20-18(23)21-16)9-28(24,25)14-8-7-13(19)27-14/h3-8,16H,9H2,1-2H3,(H2,20,21,23)/t16-/m1/s1. The van der Waals surface area contributed by atoms with Crippen LogP contribution in [0.1, 0.15) is 17.2 Å². The fourth-order valence-corrected chi connectivity index (χ4v) is 6.24. The van der Waals surface area contributed by atoms with E-state index in [1.54, 1.807) is 18.2 Å². The quantitative estimate of drug-likeness (QED) is 0.634. The van der Waals surface area contributed by atoms with Crippen LogP contribution in [0.2, 0.25) is 0 Å². The normalized spacial score (nSPS) is 17.1. The third-order valence-electron chi connectivity index (χ3n) is 4.16. The average molecular weight is 485 g/mol. The summed E-state index contributed by atoms with van der Waals surface area (Å²) in [6.07, 6.45) is 0. The Morgan fingerprint density at radius 3 is 2.46 bits per heavy atom. The minimum atomic E-state index is -3.77.